The van der Waals surface area contributed by atoms with Gasteiger partial charge in [0.1, 0.15) is 43.6 Å². The van der Waals surface area contributed by atoms with E-state index in [0.29, 0.717) is 18.2 Å². The fraction of sp³-hybridized carbons (Fsp3) is 0.630. The van der Waals surface area contributed by atoms with Gasteiger partial charge in [0.15, 0.2) is 11.3 Å². The van der Waals surface area contributed by atoms with Gasteiger partial charge in [-0.25, -0.2) is 19.6 Å². The summed E-state index contributed by atoms with van der Waals surface area (Å²) in [5, 5.41) is 48.9. The van der Waals surface area contributed by atoms with Crippen molar-refractivity contribution in [3.63, 3.8) is 0 Å². The van der Waals surface area contributed by atoms with Gasteiger partial charge in [0, 0.05) is 12.5 Å². The molecule has 4 fully saturated rings. The SMILES string of the molecule is C=C1N[C@H]2[C@H](COC(N)=O)N=C(NC(=O)C(Cl)(Cl)Cl)N3C[C@H](C)[C@H](O)[C@]23N1.C=C1N[C@H]2[C@H](COC(N)=O)N=C(NC(=O)C(Cl)(Cl)Cl)N3C[C@H](O)[C@H](O)[C@]23N1. The molecule has 27 heteroatoms. The normalized spacial score (nSPS) is 34.8. The maximum absolute atomic E-state index is 12.2. The number of amides is 4. The summed E-state index contributed by atoms with van der Waals surface area (Å²) in [5.41, 5.74) is 7.66. The van der Waals surface area contributed by atoms with Crippen molar-refractivity contribution >= 4 is 106 Å². The first-order valence-electron chi connectivity index (χ1n) is 15.8. The zero-order valence-corrected chi connectivity index (χ0v) is 32.4. The van der Waals surface area contributed by atoms with E-state index in [9.17, 15) is 34.5 Å². The third-order valence-electron chi connectivity index (χ3n) is 9.46. The molecule has 0 saturated carbocycles. The lowest BCUT2D eigenvalue weighted by Gasteiger charge is -2.47. The molecule has 0 bridgehead atoms. The number of nitrogens with zero attached hydrogens (tertiary/aromatic N) is 4. The molecule has 4 amide bonds. The molecule has 0 unspecified atom stereocenters. The van der Waals surface area contributed by atoms with Crippen LogP contribution in [0.5, 0.6) is 0 Å². The van der Waals surface area contributed by atoms with Gasteiger partial charge in [-0.2, -0.15) is 0 Å². The van der Waals surface area contributed by atoms with Gasteiger partial charge in [0.25, 0.3) is 19.4 Å². The number of carbonyl (C=O) groups is 4. The van der Waals surface area contributed by atoms with E-state index in [0.717, 1.165) is 0 Å². The molecule has 0 aliphatic carbocycles. The number of hydrogen-bond acceptors (Lipinski definition) is 17. The maximum atomic E-state index is 12.2. The van der Waals surface area contributed by atoms with Crippen molar-refractivity contribution in [1.82, 2.24) is 41.7 Å². The lowest BCUT2D eigenvalue weighted by atomic mass is 9.87. The second kappa shape index (κ2) is 15.0. The number of aliphatic hydroxyl groups is 3. The Morgan fingerprint density at radius 2 is 1.19 bits per heavy atom. The van der Waals surface area contributed by atoms with Crippen LogP contribution in [-0.2, 0) is 19.1 Å². The maximum Gasteiger partial charge on any atom is 0.404 e. The van der Waals surface area contributed by atoms with Crippen molar-refractivity contribution in [2.45, 2.75) is 68.3 Å². The molecule has 0 aromatic heterocycles. The van der Waals surface area contributed by atoms with Crippen molar-refractivity contribution in [1.29, 1.82) is 0 Å². The minimum Gasteiger partial charge on any atom is -0.447 e. The van der Waals surface area contributed by atoms with Crippen LogP contribution >= 0.6 is 69.6 Å². The molecule has 4 saturated heterocycles. The Kier molecular flexibility index (Phi) is 11.6. The summed E-state index contributed by atoms with van der Waals surface area (Å²) in [6.45, 7) is 9.30. The zero-order chi connectivity index (χ0) is 40.3. The highest BCUT2D eigenvalue weighted by Crippen LogP contribution is 2.43. The van der Waals surface area contributed by atoms with Crippen LogP contribution in [0.25, 0.3) is 0 Å². The fourth-order valence-corrected chi connectivity index (χ4v) is 7.65. The van der Waals surface area contributed by atoms with Crippen LogP contribution in [0, 0.1) is 5.92 Å². The van der Waals surface area contributed by atoms with Crippen LogP contribution < -0.4 is 43.4 Å². The van der Waals surface area contributed by atoms with Gasteiger partial charge >= 0.3 is 12.2 Å². The second-order valence-electron chi connectivity index (χ2n) is 13.0. The van der Waals surface area contributed by atoms with E-state index in [1.54, 1.807) is 4.90 Å². The average Bonchev–Trinajstić information content (AvgIpc) is 3.75. The number of nitrogens with one attached hydrogen (secondary N) is 6. The molecule has 300 valence electrons. The van der Waals surface area contributed by atoms with E-state index in [1.165, 1.54) is 4.90 Å². The standard InChI is InChI=1S/C14H19Cl3N6O4.C13H17Cl3N6O5/c1-5-3-23-12(21-10(25)14(15,16)17)20-7(4-27-11(18)26)8-13(23,9(5)24)22-6(2)19-8;1-4-18-7-5(3-27-10(17)26)19-11(20-9(25)13(14,15)16)22-2-6(23)8(24)12(7,22)21-4/h5,7-9,19,22,24H,2-4H2,1H3,(H2,18,26)(H,20,21,25);5-8,18,21,23-24H,1-3H2,(H2,17,26)(H,19,20,25)/t5-,7-,8-,9-,13-;5-,6-,7-,8-,12-/m00/s1. The number of rotatable bonds is 4. The summed E-state index contributed by atoms with van der Waals surface area (Å²) in [7, 11) is 0. The average molecular weight is 885 g/mol. The Bertz CT molecular complexity index is 1550. The van der Waals surface area contributed by atoms with Crippen molar-refractivity contribution in [3.05, 3.63) is 24.8 Å². The molecule has 6 rings (SSSR count). The predicted molar refractivity (Wildman–Crippen MR) is 195 cm³/mol. The predicted octanol–water partition coefficient (Wildman–Crippen LogP) is -2.58. The van der Waals surface area contributed by atoms with Gasteiger partial charge < -0.3 is 67.3 Å². The number of nitrogens with two attached hydrogens (primary N) is 2. The number of aliphatic hydroxyl groups excluding tert-OH is 3. The molecule has 0 aromatic carbocycles. The lowest BCUT2D eigenvalue weighted by molar-refractivity contribution is -0.120. The third kappa shape index (κ3) is 7.61. The third-order valence-corrected chi connectivity index (χ3v) is 10.5. The first-order valence-corrected chi connectivity index (χ1v) is 18.0. The van der Waals surface area contributed by atoms with Gasteiger partial charge in [-0.15, -0.1) is 0 Å². The van der Waals surface area contributed by atoms with Crippen molar-refractivity contribution < 1.29 is 44.0 Å². The number of primary amides is 2. The van der Waals surface area contributed by atoms with E-state index >= 15 is 0 Å². The molecule has 0 radical (unpaired) electrons. The first kappa shape index (κ1) is 41.9. The summed E-state index contributed by atoms with van der Waals surface area (Å²) in [6.07, 6.45) is -5.34. The number of aliphatic imine (C=N–C) groups is 2. The molecular weight excluding hydrogens is 849 g/mol. The Morgan fingerprint density at radius 3 is 1.57 bits per heavy atom. The van der Waals surface area contributed by atoms with Crippen LogP contribution in [-0.4, -0.2) is 149 Å². The number of alkyl halides is 6. The number of halogens is 6. The van der Waals surface area contributed by atoms with Crippen LogP contribution in [0.4, 0.5) is 9.59 Å². The Hall–Kier alpha value is -3.28. The van der Waals surface area contributed by atoms with Crippen molar-refractivity contribution in [3.8, 4) is 0 Å². The summed E-state index contributed by atoms with van der Waals surface area (Å²) in [4.78, 5) is 58.2. The number of carbonyl (C=O) groups excluding carboxylic acids is 4. The zero-order valence-electron chi connectivity index (χ0n) is 27.9. The van der Waals surface area contributed by atoms with Gasteiger partial charge in [0.05, 0.1) is 30.3 Å². The molecule has 21 nitrogen and oxygen atoms in total. The minimum absolute atomic E-state index is 0.0769. The van der Waals surface area contributed by atoms with Crippen LogP contribution in [0.3, 0.4) is 0 Å². The van der Waals surface area contributed by atoms with Gasteiger partial charge in [-0.1, -0.05) is 89.7 Å². The quantitative estimate of drug-likeness (QED) is 0.129. The Labute approximate surface area is 336 Å². The Balaban J connectivity index is 0.000000208. The van der Waals surface area contributed by atoms with Gasteiger partial charge in [-0.3, -0.25) is 20.2 Å². The molecule has 54 heavy (non-hydrogen) atoms. The molecule has 6 heterocycles. The summed E-state index contributed by atoms with van der Waals surface area (Å²) < 4.78 is 5.25. The molecule has 13 N–H and O–H groups in total. The number of hydrogen-bond donors (Lipinski definition) is 11. The van der Waals surface area contributed by atoms with E-state index in [4.69, 9.17) is 90.5 Å². The first-order chi connectivity index (χ1) is 24.9. The highest BCUT2D eigenvalue weighted by Gasteiger charge is 2.67. The van der Waals surface area contributed by atoms with Crippen LogP contribution in [0.15, 0.2) is 34.8 Å². The molecular formula is C27H36Cl6N12O9. The van der Waals surface area contributed by atoms with E-state index in [-0.39, 0.29) is 37.6 Å². The highest BCUT2D eigenvalue weighted by atomic mass is 35.6. The number of ether oxygens (including phenoxy) is 2. The minimum atomic E-state index is -2.27. The monoisotopic (exact) mass is 882 g/mol. The van der Waals surface area contributed by atoms with Gasteiger partial charge in [-0.05, 0) is 0 Å². The van der Waals surface area contributed by atoms with E-state index < -0.39 is 85.4 Å². The lowest BCUT2D eigenvalue weighted by Crippen LogP contribution is -2.73. The largest absolute Gasteiger partial charge is 0.447 e. The molecule has 6 aliphatic rings. The molecule has 0 aromatic rings. The molecule has 2 spiro atoms. The summed E-state index contributed by atoms with van der Waals surface area (Å²) in [5.74, 6) is -1.30. The summed E-state index contributed by atoms with van der Waals surface area (Å²) in [6, 6.07) is -2.71. The molecule has 10 atom stereocenters. The van der Waals surface area contributed by atoms with Crippen LogP contribution in [0.1, 0.15) is 6.92 Å². The smallest absolute Gasteiger partial charge is 0.404 e. The number of guanidine groups is 2. The van der Waals surface area contributed by atoms with E-state index in [1.807, 2.05) is 6.92 Å². The second-order valence-corrected chi connectivity index (χ2v) is 17.5. The van der Waals surface area contributed by atoms with Crippen molar-refractivity contribution in [2.75, 3.05) is 26.3 Å². The summed E-state index contributed by atoms with van der Waals surface area (Å²) >= 11 is 33.7. The van der Waals surface area contributed by atoms with Crippen molar-refractivity contribution in [2.24, 2.45) is 27.4 Å². The topological polar surface area (TPSA) is 303 Å². The van der Waals surface area contributed by atoms with Crippen LogP contribution in [0.2, 0.25) is 0 Å². The fourth-order valence-electron chi connectivity index (χ4n) is 7.37. The van der Waals surface area contributed by atoms with Gasteiger partial charge in [0.2, 0.25) is 11.9 Å². The van der Waals surface area contributed by atoms with E-state index in [2.05, 4.69) is 55.0 Å². The highest BCUT2D eigenvalue weighted by molar-refractivity contribution is 6.77. The molecule has 6 aliphatic heterocycles. The Morgan fingerprint density at radius 1 is 0.796 bits per heavy atom.